The molecule has 0 atom stereocenters. The summed E-state index contributed by atoms with van der Waals surface area (Å²) in [6.07, 6.45) is 3.48. The molecule has 0 spiro atoms. The van der Waals surface area contributed by atoms with E-state index in [1.54, 1.807) is 0 Å². The van der Waals surface area contributed by atoms with Crippen LogP contribution in [0.25, 0.3) is 0 Å². The Hall–Kier alpha value is -1.51. The number of amides is 1. The van der Waals surface area contributed by atoms with Crippen molar-refractivity contribution in [1.82, 2.24) is 5.32 Å². The van der Waals surface area contributed by atoms with Crippen molar-refractivity contribution in [2.75, 3.05) is 0 Å². The third kappa shape index (κ3) is 3.49. The number of ether oxygens (including phenoxy) is 1. The number of nitrogens with one attached hydrogen (secondary N) is 1. The molecule has 3 nitrogen and oxygen atoms in total. The molecule has 0 radical (unpaired) electrons. The number of benzene rings is 1. The molecule has 0 heterocycles. The van der Waals surface area contributed by atoms with E-state index < -0.39 is 0 Å². The first-order valence-electron chi connectivity index (χ1n) is 6.68. The predicted octanol–water partition coefficient (Wildman–Crippen LogP) is 2.89. The number of hydrogen-bond acceptors (Lipinski definition) is 2. The minimum Gasteiger partial charge on any atom is -0.491 e. The normalized spacial score (nSPS) is 15.3. The Balaban J connectivity index is 1.80. The highest BCUT2D eigenvalue weighted by Gasteiger charge is 2.24. The molecule has 1 saturated carbocycles. The lowest BCUT2D eigenvalue weighted by molar-refractivity contribution is -0.127. The van der Waals surface area contributed by atoms with Gasteiger partial charge in [-0.3, -0.25) is 4.79 Å². The predicted molar refractivity (Wildman–Crippen MR) is 71.4 cm³/mol. The van der Waals surface area contributed by atoms with E-state index in [0.29, 0.717) is 6.54 Å². The highest BCUT2D eigenvalue weighted by Crippen LogP contribution is 2.26. The molecule has 1 aromatic rings. The third-order valence-electron chi connectivity index (χ3n) is 3.24. The minimum atomic E-state index is 0.189. The van der Waals surface area contributed by atoms with Crippen LogP contribution < -0.4 is 10.1 Å². The second-order valence-electron chi connectivity index (χ2n) is 5.16. The van der Waals surface area contributed by atoms with Gasteiger partial charge in [-0.1, -0.05) is 18.6 Å². The van der Waals surface area contributed by atoms with Gasteiger partial charge in [-0.2, -0.15) is 0 Å². The van der Waals surface area contributed by atoms with Crippen molar-refractivity contribution in [2.45, 2.75) is 45.8 Å². The van der Waals surface area contributed by atoms with Gasteiger partial charge in [0.15, 0.2) is 0 Å². The lowest BCUT2D eigenvalue weighted by Gasteiger charge is -2.24. The largest absolute Gasteiger partial charge is 0.491 e. The van der Waals surface area contributed by atoms with Crippen LogP contribution in [0.15, 0.2) is 24.3 Å². The van der Waals surface area contributed by atoms with Crippen molar-refractivity contribution in [3.8, 4) is 5.75 Å². The van der Waals surface area contributed by atoms with Gasteiger partial charge in [0, 0.05) is 12.5 Å². The summed E-state index contributed by atoms with van der Waals surface area (Å²) in [5, 5.41) is 2.98. The summed E-state index contributed by atoms with van der Waals surface area (Å²) >= 11 is 0. The van der Waals surface area contributed by atoms with Gasteiger partial charge in [-0.05, 0) is 44.4 Å². The fraction of sp³-hybridized carbons (Fsp3) is 0.533. The molecule has 1 fully saturated rings. The van der Waals surface area contributed by atoms with Gasteiger partial charge in [0.05, 0.1) is 6.10 Å². The standard InChI is InChI=1S/C15H21NO2/c1-11(2)18-14-8-6-12(7-9-14)10-16-15(17)13-4-3-5-13/h6-9,11,13H,3-5,10H2,1-2H3,(H,16,17). The monoisotopic (exact) mass is 247 g/mol. The number of hydrogen-bond donors (Lipinski definition) is 1. The Bertz CT molecular complexity index is 393. The summed E-state index contributed by atoms with van der Waals surface area (Å²) in [6.45, 7) is 4.62. The average molecular weight is 247 g/mol. The third-order valence-corrected chi connectivity index (χ3v) is 3.24. The maximum Gasteiger partial charge on any atom is 0.223 e. The van der Waals surface area contributed by atoms with Gasteiger partial charge in [-0.25, -0.2) is 0 Å². The molecule has 98 valence electrons. The van der Waals surface area contributed by atoms with E-state index in [1.807, 2.05) is 38.1 Å². The zero-order valence-corrected chi connectivity index (χ0v) is 11.1. The Morgan fingerprint density at radius 1 is 1.33 bits per heavy atom. The Morgan fingerprint density at radius 3 is 2.50 bits per heavy atom. The van der Waals surface area contributed by atoms with Crippen molar-refractivity contribution in [1.29, 1.82) is 0 Å². The quantitative estimate of drug-likeness (QED) is 0.868. The van der Waals surface area contributed by atoms with Crippen LogP contribution in [0.5, 0.6) is 5.75 Å². The maximum atomic E-state index is 11.7. The van der Waals surface area contributed by atoms with Crippen LogP contribution in [0.4, 0.5) is 0 Å². The van der Waals surface area contributed by atoms with Crippen LogP contribution >= 0.6 is 0 Å². The van der Waals surface area contributed by atoms with Crippen LogP contribution in [0.3, 0.4) is 0 Å². The lowest BCUT2D eigenvalue weighted by atomic mass is 9.85. The van der Waals surface area contributed by atoms with Crippen molar-refractivity contribution < 1.29 is 9.53 Å². The fourth-order valence-corrected chi connectivity index (χ4v) is 1.96. The second kappa shape index (κ2) is 5.89. The van der Waals surface area contributed by atoms with Gasteiger partial charge in [0.2, 0.25) is 5.91 Å². The SMILES string of the molecule is CC(C)Oc1ccc(CNC(=O)C2CCC2)cc1. The Labute approximate surface area is 109 Å². The summed E-state index contributed by atoms with van der Waals surface area (Å²) in [7, 11) is 0. The molecule has 2 rings (SSSR count). The van der Waals surface area contributed by atoms with Crippen molar-refractivity contribution in [3.63, 3.8) is 0 Å². The molecule has 1 N–H and O–H groups in total. The molecular formula is C15H21NO2. The molecule has 0 saturated heterocycles. The van der Waals surface area contributed by atoms with Crippen LogP contribution in [-0.4, -0.2) is 12.0 Å². The molecule has 1 aliphatic carbocycles. The van der Waals surface area contributed by atoms with E-state index in [-0.39, 0.29) is 17.9 Å². The molecule has 1 aromatic carbocycles. The highest BCUT2D eigenvalue weighted by atomic mass is 16.5. The summed E-state index contributed by atoms with van der Waals surface area (Å²) in [5.41, 5.74) is 1.11. The Morgan fingerprint density at radius 2 is 2.00 bits per heavy atom. The molecule has 3 heteroatoms. The maximum absolute atomic E-state index is 11.7. The summed E-state index contributed by atoms with van der Waals surface area (Å²) in [6, 6.07) is 7.90. The van der Waals surface area contributed by atoms with Crippen LogP contribution in [0, 0.1) is 5.92 Å². The van der Waals surface area contributed by atoms with Crippen LogP contribution in [-0.2, 0) is 11.3 Å². The van der Waals surface area contributed by atoms with Crippen LogP contribution in [0.2, 0.25) is 0 Å². The average Bonchev–Trinajstić information content (AvgIpc) is 2.25. The number of carbonyl (C=O) groups excluding carboxylic acids is 1. The van der Waals surface area contributed by atoms with Gasteiger partial charge in [-0.15, -0.1) is 0 Å². The lowest BCUT2D eigenvalue weighted by Crippen LogP contribution is -2.33. The molecule has 0 aliphatic heterocycles. The molecule has 1 amide bonds. The minimum absolute atomic E-state index is 0.189. The van der Waals surface area contributed by atoms with E-state index in [0.717, 1.165) is 24.2 Å². The number of rotatable bonds is 5. The van der Waals surface area contributed by atoms with Crippen molar-refractivity contribution in [2.24, 2.45) is 5.92 Å². The highest BCUT2D eigenvalue weighted by molar-refractivity contribution is 5.79. The van der Waals surface area contributed by atoms with Gasteiger partial charge >= 0.3 is 0 Å². The fourth-order valence-electron chi connectivity index (χ4n) is 1.96. The Kier molecular flexibility index (Phi) is 4.24. The molecule has 0 bridgehead atoms. The molecule has 1 aliphatic rings. The summed E-state index contributed by atoms with van der Waals surface area (Å²) in [4.78, 5) is 11.7. The van der Waals surface area contributed by atoms with Gasteiger partial charge < -0.3 is 10.1 Å². The van der Waals surface area contributed by atoms with Crippen molar-refractivity contribution in [3.05, 3.63) is 29.8 Å². The van der Waals surface area contributed by atoms with E-state index in [1.165, 1.54) is 6.42 Å². The van der Waals surface area contributed by atoms with E-state index in [2.05, 4.69) is 5.32 Å². The smallest absolute Gasteiger partial charge is 0.223 e. The van der Waals surface area contributed by atoms with Gasteiger partial charge in [0.25, 0.3) is 0 Å². The second-order valence-corrected chi connectivity index (χ2v) is 5.16. The van der Waals surface area contributed by atoms with Crippen LogP contribution in [0.1, 0.15) is 38.7 Å². The van der Waals surface area contributed by atoms with E-state index in [4.69, 9.17) is 4.74 Å². The molecule has 0 aromatic heterocycles. The van der Waals surface area contributed by atoms with Crippen molar-refractivity contribution >= 4 is 5.91 Å². The van der Waals surface area contributed by atoms with Gasteiger partial charge in [0.1, 0.15) is 5.75 Å². The zero-order valence-electron chi connectivity index (χ0n) is 11.1. The topological polar surface area (TPSA) is 38.3 Å². The molecule has 18 heavy (non-hydrogen) atoms. The first-order valence-corrected chi connectivity index (χ1v) is 6.68. The van der Waals surface area contributed by atoms with E-state index >= 15 is 0 Å². The zero-order chi connectivity index (χ0) is 13.0. The first-order chi connectivity index (χ1) is 8.65. The summed E-state index contributed by atoms with van der Waals surface area (Å²) < 4.78 is 5.57. The molecule has 0 unspecified atom stereocenters. The van der Waals surface area contributed by atoms with E-state index in [9.17, 15) is 4.79 Å². The molecular weight excluding hydrogens is 226 g/mol. The first kappa shape index (κ1) is 12.9. The number of carbonyl (C=O) groups is 1. The summed E-state index contributed by atoms with van der Waals surface area (Å²) in [5.74, 6) is 1.33.